The number of benzene rings is 3. The summed E-state index contributed by atoms with van der Waals surface area (Å²) in [6, 6.07) is 8.11. The number of nitrogens with two attached hydrogens (primary N) is 3. The highest BCUT2D eigenvalue weighted by Gasteiger charge is 2.40. The van der Waals surface area contributed by atoms with Crippen molar-refractivity contribution in [1.82, 2.24) is 73.2 Å². The summed E-state index contributed by atoms with van der Waals surface area (Å²) >= 11 is 0. The predicted octanol–water partition coefficient (Wildman–Crippen LogP) is -2.68. The molecule has 2 aromatic heterocycles. The fraction of sp³-hybridized carbons (Fsp3) is 0.426. The van der Waals surface area contributed by atoms with E-state index in [4.69, 9.17) is 17.2 Å². The first-order valence-electron chi connectivity index (χ1n) is 30.1. The monoisotopic (exact) mass is 1270 g/mol. The van der Waals surface area contributed by atoms with Gasteiger partial charge in [-0.3, -0.25) is 58.4 Å². The molecule has 20 N–H and O–H groups in total. The van der Waals surface area contributed by atoms with E-state index in [9.17, 15) is 63.0 Å². The summed E-state index contributed by atoms with van der Waals surface area (Å²) in [5.74, 6) is -8.37. The van der Waals surface area contributed by atoms with E-state index in [0.29, 0.717) is 39.7 Å². The second-order valence-electron chi connectivity index (χ2n) is 22.9. The zero-order valence-electron chi connectivity index (χ0n) is 50.9. The molecule has 31 heteroatoms. The maximum Gasteiger partial charge on any atom is 0.330 e. The number of aliphatic imine (C=N–C) groups is 1. The molecule has 5 aromatic rings. The van der Waals surface area contributed by atoms with E-state index in [1.54, 1.807) is 74.6 Å². The zero-order valence-corrected chi connectivity index (χ0v) is 50.9. The minimum absolute atomic E-state index is 0.0173. The van der Waals surface area contributed by atoms with Crippen LogP contribution in [0.5, 0.6) is 5.75 Å². The van der Waals surface area contributed by atoms with Crippen molar-refractivity contribution in [2.75, 3.05) is 19.7 Å². The number of likely N-dealkylation sites (tertiary alicyclic amines) is 1. The molecule has 2 aliphatic rings. The molecule has 2 aliphatic heterocycles. The van der Waals surface area contributed by atoms with Crippen molar-refractivity contribution in [3.05, 3.63) is 120 Å². The third-order valence-corrected chi connectivity index (χ3v) is 15.4. The number of hydrazine groups is 1. The Kier molecular flexibility index (Phi) is 24.9. The summed E-state index contributed by atoms with van der Waals surface area (Å²) in [5.41, 5.74) is 23.1. The number of nitrogens with zero attached hydrogens (tertiary/aromatic N) is 3. The number of H-pyrrole nitrogens is 2. The van der Waals surface area contributed by atoms with Crippen molar-refractivity contribution in [1.29, 1.82) is 0 Å². The van der Waals surface area contributed by atoms with E-state index < -0.39 is 120 Å². The lowest BCUT2D eigenvalue weighted by Gasteiger charge is -2.30. The van der Waals surface area contributed by atoms with Crippen LogP contribution >= 0.6 is 0 Å². The molecule has 3 aromatic carbocycles. The standard InChI is InChI=1S/C61H80N18O13/c1-33(2)24-43(52(84)70-42(14-8-22-66-60(62)63)59(91)79-23-9-15-49(79)58(90)77-78-61(64)92)71-53(85)44(25-34-10-4-3-5-11-34)72-54(86)45(26-35-16-18-38(81)19-17-35)73-57(89)48(31-80)76-55(87)46(27-36-29-67-40-13-7-6-12-39(36)40)74-56(88)47(28-37-30-65-32-68-37)75-51(83)41-20-21-50(82)69-41/h3-7,10-13,16-19,29-30,32-33,41-49,67,80-81H,8-9,14-15,20-28,31H2,1-2H3,(H,65,68)(H,69,82)(H,70,84)(H,71,85)(H,72,86)(H,73,89)(H,74,88)(H,75,83)(H,76,87)(H,77,90)(H4,62,63,66)(H3,64,78,92)/t41-,42-,43-,44+,45-,46-,47-,48-,49-/m0/s1. The number of phenolic OH excluding ortho intramolecular Hbond substituents is 1. The highest BCUT2D eigenvalue weighted by Crippen LogP contribution is 2.22. The number of rotatable bonds is 31. The fourth-order valence-electron chi connectivity index (χ4n) is 10.8. The Hall–Kier alpha value is -10.6. The highest BCUT2D eigenvalue weighted by molar-refractivity contribution is 6.00. The van der Waals surface area contributed by atoms with Crippen LogP contribution in [0.2, 0.25) is 0 Å². The molecule has 2 saturated heterocycles. The highest BCUT2D eigenvalue weighted by atomic mass is 16.3. The molecule has 9 atom stereocenters. The normalized spacial score (nSPS) is 16.7. The van der Waals surface area contributed by atoms with E-state index in [0.717, 1.165) is 0 Å². The summed E-state index contributed by atoms with van der Waals surface area (Å²) in [6.07, 6.45) is 4.83. The Morgan fingerprint density at radius 1 is 0.652 bits per heavy atom. The average Bonchev–Trinajstić information content (AvgIpc) is 1.66. The number of phenols is 1. The zero-order chi connectivity index (χ0) is 66.4. The number of urea groups is 1. The average molecular weight is 1270 g/mol. The van der Waals surface area contributed by atoms with Gasteiger partial charge in [0.2, 0.25) is 53.2 Å². The molecule has 92 heavy (non-hydrogen) atoms. The number of guanidine groups is 1. The van der Waals surface area contributed by atoms with Crippen LogP contribution in [0.4, 0.5) is 4.79 Å². The molecular weight excluding hydrogens is 1190 g/mol. The van der Waals surface area contributed by atoms with Crippen molar-refractivity contribution in [2.45, 2.75) is 139 Å². The molecule has 0 aliphatic carbocycles. The quantitative estimate of drug-likeness (QED) is 0.00931. The van der Waals surface area contributed by atoms with E-state index in [1.807, 2.05) is 5.43 Å². The number of aromatic amines is 2. The first kappa shape index (κ1) is 68.9. The number of hydrogen-bond acceptors (Lipinski definition) is 15. The lowest BCUT2D eigenvalue weighted by Crippen LogP contribution is -2.61. The number of aromatic hydroxyl groups is 1. The minimum atomic E-state index is -1.79. The minimum Gasteiger partial charge on any atom is -0.508 e. The predicted molar refractivity (Wildman–Crippen MR) is 333 cm³/mol. The number of fused-ring (bicyclic) bond motifs is 1. The van der Waals surface area contributed by atoms with Crippen molar-refractivity contribution >= 4 is 82.0 Å². The second kappa shape index (κ2) is 33.3. The Labute approximate surface area is 528 Å². The summed E-state index contributed by atoms with van der Waals surface area (Å²) in [6.45, 7) is 2.75. The van der Waals surface area contributed by atoms with Gasteiger partial charge < -0.3 is 84.8 Å². The summed E-state index contributed by atoms with van der Waals surface area (Å²) < 4.78 is 0. The number of para-hydroxylation sites is 1. The molecule has 31 nitrogen and oxygen atoms in total. The van der Waals surface area contributed by atoms with Gasteiger partial charge in [0.25, 0.3) is 5.91 Å². The molecule has 4 heterocycles. The first-order valence-corrected chi connectivity index (χ1v) is 30.1. The molecule has 12 amide bonds. The van der Waals surface area contributed by atoms with Crippen LogP contribution in [0.1, 0.15) is 81.2 Å². The van der Waals surface area contributed by atoms with Gasteiger partial charge in [-0.1, -0.05) is 74.5 Å². The maximum atomic E-state index is 14.9. The van der Waals surface area contributed by atoms with Gasteiger partial charge >= 0.3 is 6.03 Å². The van der Waals surface area contributed by atoms with Crippen molar-refractivity contribution < 1.29 is 63.0 Å². The van der Waals surface area contributed by atoms with Gasteiger partial charge in [0.1, 0.15) is 60.1 Å². The van der Waals surface area contributed by atoms with Crippen molar-refractivity contribution in [3.63, 3.8) is 0 Å². The van der Waals surface area contributed by atoms with Gasteiger partial charge in [-0.25, -0.2) is 15.2 Å². The Morgan fingerprint density at radius 2 is 1.23 bits per heavy atom. The summed E-state index contributed by atoms with van der Waals surface area (Å²) in [4.78, 5) is 167. The third kappa shape index (κ3) is 20.2. The van der Waals surface area contributed by atoms with E-state index in [-0.39, 0.29) is 101 Å². The molecule has 0 bridgehead atoms. The molecule has 2 fully saturated rings. The first-order chi connectivity index (χ1) is 44.0. The number of imidazole rings is 1. The van der Waals surface area contributed by atoms with Gasteiger partial charge in [0.15, 0.2) is 5.96 Å². The van der Waals surface area contributed by atoms with Gasteiger partial charge in [-0.2, -0.15) is 0 Å². The number of nitrogens with one attached hydrogen (secondary N) is 12. The lowest BCUT2D eigenvalue weighted by atomic mass is 9.99. The SMILES string of the molecule is CC(C)C[C@H](NC(=O)[C@@H](Cc1ccccc1)NC(=O)[C@H](Cc1ccc(O)cc1)NC(=O)[C@H](CO)NC(=O)[C@H](Cc1c[nH]c2ccccc12)NC(=O)[C@H](Cc1cnc[nH]1)NC(=O)[C@@H]1CCC(=O)N1)C(=O)N[C@@H](CCCN=C(N)N)C(=O)N1CCC[C@H]1C(=O)NNC(N)=O. The number of aromatic nitrogens is 3. The lowest BCUT2D eigenvalue weighted by molar-refractivity contribution is -0.142. The van der Waals surface area contributed by atoms with Gasteiger partial charge in [-0.15, -0.1) is 0 Å². The van der Waals surface area contributed by atoms with Crippen LogP contribution in [-0.2, 0) is 73.6 Å². The third-order valence-electron chi connectivity index (χ3n) is 15.4. The Balaban J connectivity index is 1.13. The molecule has 0 unspecified atom stereocenters. The molecular formula is C61H80N18O13. The summed E-state index contributed by atoms with van der Waals surface area (Å²) in [5, 5.41) is 43.1. The molecule has 492 valence electrons. The van der Waals surface area contributed by atoms with Crippen LogP contribution in [0.3, 0.4) is 0 Å². The number of primary amides is 1. The van der Waals surface area contributed by atoms with Crippen LogP contribution in [-0.4, -0.2) is 175 Å². The van der Waals surface area contributed by atoms with Crippen molar-refractivity contribution in [2.24, 2.45) is 28.1 Å². The number of amides is 12. The smallest absolute Gasteiger partial charge is 0.330 e. The Bertz CT molecular complexity index is 3430. The molecule has 0 spiro atoms. The fourth-order valence-corrected chi connectivity index (χ4v) is 10.8. The van der Waals surface area contributed by atoms with Crippen LogP contribution in [0.15, 0.2) is 103 Å². The van der Waals surface area contributed by atoms with Crippen LogP contribution in [0, 0.1) is 5.92 Å². The van der Waals surface area contributed by atoms with E-state index in [1.165, 1.54) is 41.7 Å². The number of aliphatic hydroxyl groups is 1. The number of aliphatic hydroxyl groups excluding tert-OH is 1. The number of carbonyl (C=O) groups is 11. The second-order valence-corrected chi connectivity index (χ2v) is 22.9. The van der Waals surface area contributed by atoms with Crippen molar-refractivity contribution in [3.8, 4) is 5.75 Å². The Morgan fingerprint density at radius 3 is 1.83 bits per heavy atom. The molecule has 7 rings (SSSR count). The molecule has 0 saturated carbocycles. The largest absolute Gasteiger partial charge is 0.508 e. The topological polar surface area (TPSA) is 487 Å². The number of carbonyl (C=O) groups excluding carboxylic acids is 11. The molecule has 0 radical (unpaired) electrons. The van der Waals surface area contributed by atoms with Gasteiger partial charge in [0, 0.05) is 74.2 Å². The van der Waals surface area contributed by atoms with Gasteiger partial charge in [-0.05, 0) is 79.3 Å². The van der Waals surface area contributed by atoms with Gasteiger partial charge in [0.05, 0.1) is 12.9 Å². The van der Waals surface area contributed by atoms with E-state index in [2.05, 4.69) is 67.9 Å². The summed E-state index contributed by atoms with van der Waals surface area (Å²) in [7, 11) is 0. The number of hydrogen-bond donors (Lipinski definition) is 17. The van der Waals surface area contributed by atoms with Crippen LogP contribution < -0.4 is 70.6 Å². The maximum absolute atomic E-state index is 14.9. The van der Waals surface area contributed by atoms with E-state index >= 15 is 0 Å². The van der Waals surface area contributed by atoms with Crippen LogP contribution in [0.25, 0.3) is 10.9 Å².